The zero-order valence-electron chi connectivity index (χ0n) is 9.64. The summed E-state index contributed by atoms with van der Waals surface area (Å²) in [7, 11) is 0. The summed E-state index contributed by atoms with van der Waals surface area (Å²) in [6, 6.07) is 12.0. The number of halogens is 1. The van der Waals surface area contributed by atoms with Gasteiger partial charge in [0.1, 0.15) is 11.9 Å². The molecule has 2 aromatic rings. The second kappa shape index (κ2) is 5.55. The molecule has 0 radical (unpaired) electrons. The highest BCUT2D eigenvalue weighted by atomic mass is 19.1. The first-order valence-corrected chi connectivity index (χ1v) is 5.59. The van der Waals surface area contributed by atoms with Gasteiger partial charge in [-0.25, -0.2) is 4.39 Å². The minimum atomic E-state index is -0.245. The molecule has 0 aliphatic carbocycles. The Morgan fingerprint density at radius 1 is 1.18 bits per heavy atom. The molecule has 0 bridgehead atoms. The molecule has 1 aromatic carbocycles. The first-order valence-electron chi connectivity index (χ1n) is 5.59. The molecule has 17 heavy (non-hydrogen) atoms. The van der Waals surface area contributed by atoms with Crippen molar-refractivity contribution < 1.29 is 9.13 Å². The van der Waals surface area contributed by atoms with Crippen molar-refractivity contribution in [1.29, 1.82) is 0 Å². The van der Waals surface area contributed by atoms with E-state index >= 15 is 0 Å². The van der Waals surface area contributed by atoms with Crippen molar-refractivity contribution in [1.82, 2.24) is 4.98 Å². The Kier molecular flexibility index (Phi) is 3.83. The highest BCUT2D eigenvalue weighted by molar-refractivity contribution is 5.26. The van der Waals surface area contributed by atoms with E-state index < -0.39 is 0 Å². The molecule has 0 aliphatic rings. The largest absolute Gasteiger partial charge is 0.367 e. The number of nitrogens with zero attached hydrogens (tertiary/aromatic N) is 1. The summed E-state index contributed by atoms with van der Waals surface area (Å²) in [4.78, 5) is 4.28. The quantitative estimate of drug-likeness (QED) is 0.805. The summed E-state index contributed by atoms with van der Waals surface area (Å²) in [6.07, 6.45) is 1.49. The molecule has 0 spiro atoms. The van der Waals surface area contributed by atoms with Crippen LogP contribution in [0.3, 0.4) is 0 Å². The van der Waals surface area contributed by atoms with Crippen molar-refractivity contribution in [2.75, 3.05) is 6.61 Å². The predicted molar refractivity (Wildman–Crippen MR) is 64.1 cm³/mol. The van der Waals surface area contributed by atoms with Gasteiger partial charge in [0.25, 0.3) is 0 Å². The molecule has 1 heterocycles. The monoisotopic (exact) mass is 231 g/mol. The number of rotatable bonds is 4. The minimum absolute atomic E-state index is 0.234. The van der Waals surface area contributed by atoms with Gasteiger partial charge in [0, 0.05) is 12.8 Å². The van der Waals surface area contributed by atoms with Gasteiger partial charge in [-0.3, -0.25) is 4.98 Å². The predicted octanol–water partition coefficient (Wildman–Crippen LogP) is 3.35. The van der Waals surface area contributed by atoms with E-state index in [1.807, 2.05) is 25.1 Å². The Labute approximate surface area is 100 Å². The number of benzene rings is 1. The fourth-order valence-corrected chi connectivity index (χ4v) is 1.69. The van der Waals surface area contributed by atoms with E-state index in [1.165, 1.54) is 12.1 Å². The lowest BCUT2D eigenvalue weighted by Gasteiger charge is -2.16. The van der Waals surface area contributed by atoms with Gasteiger partial charge in [0.05, 0.1) is 5.69 Å². The molecule has 0 N–H and O–H groups in total. The van der Waals surface area contributed by atoms with Crippen LogP contribution in [-0.4, -0.2) is 11.6 Å². The van der Waals surface area contributed by atoms with Crippen LogP contribution in [0.5, 0.6) is 0 Å². The molecule has 2 nitrogen and oxygen atoms in total. The SMILES string of the molecule is CCOC(c1ccc(F)cc1)c1ccccn1. The lowest BCUT2D eigenvalue weighted by atomic mass is 10.1. The van der Waals surface area contributed by atoms with Crippen molar-refractivity contribution in [3.8, 4) is 0 Å². The van der Waals surface area contributed by atoms with Crippen LogP contribution in [0, 0.1) is 5.82 Å². The zero-order chi connectivity index (χ0) is 12.1. The van der Waals surface area contributed by atoms with Crippen LogP contribution in [0.2, 0.25) is 0 Å². The highest BCUT2D eigenvalue weighted by Gasteiger charge is 2.14. The van der Waals surface area contributed by atoms with Crippen molar-refractivity contribution in [3.05, 3.63) is 65.7 Å². The summed E-state index contributed by atoms with van der Waals surface area (Å²) in [5, 5.41) is 0. The van der Waals surface area contributed by atoms with Gasteiger partial charge < -0.3 is 4.74 Å². The standard InChI is InChI=1S/C14H14FNO/c1-2-17-14(13-5-3-4-10-16-13)11-6-8-12(15)9-7-11/h3-10,14H,2H2,1H3. The van der Waals surface area contributed by atoms with Gasteiger partial charge in [-0.15, -0.1) is 0 Å². The van der Waals surface area contributed by atoms with Crippen LogP contribution in [0.25, 0.3) is 0 Å². The Morgan fingerprint density at radius 3 is 2.53 bits per heavy atom. The van der Waals surface area contributed by atoms with Gasteiger partial charge in [-0.2, -0.15) is 0 Å². The van der Waals surface area contributed by atoms with E-state index in [1.54, 1.807) is 18.3 Å². The van der Waals surface area contributed by atoms with E-state index in [0.717, 1.165) is 11.3 Å². The Bertz CT molecular complexity index is 455. The van der Waals surface area contributed by atoms with E-state index in [9.17, 15) is 4.39 Å². The topological polar surface area (TPSA) is 22.1 Å². The Morgan fingerprint density at radius 2 is 1.94 bits per heavy atom. The summed E-state index contributed by atoms with van der Waals surface area (Å²) < 4.78 is 18.6. The van der Waals surface area contributed by atoms with Crippen LogP contribution in [-0.2, 0) is 4.74 Å². The first kappa shape index (κ1) is 11.7. The van der Waals surface area contributed by atoms with Gasteiger partial charge in [0.2, 0.25) is 0 Å². The number of ether oxygens (including phenoxy) is 1. The average Bonchev–Trinajstić information content (AvgIpc) is 2.38. The Hall–Kier alpha value is -1.74. The first-order chi connectivity index (χ1) is 8.31. The summed E-state index contributed by atoms with van der Waals surface area (Å²) in [5.41, 5.74) is 1.74. The molecule has 1 aromatic heterocycles. The summed E-state index contributed by atoms with van der Waals surface area (Å²) in [6.45, 7) is 2.51. The fourth-order valence-electron chi connectivity index (χ4n) is 1.69. The molecule has 0 saturated carbocycles. The van der Waals surface area contributed by atoms with Gasteiger partial charge in [-0.05, 0) is 36.8 Å². The van der Waals surface area contributed by atoms with Crippen molar-refractivity contribution in [2.45, 2.75) is 13.0 Å². The number of hydrogen-bond donors (Lipinski definition) is 0. The van der Waals surface area contributed by atoms with Crippen molar-refractivity contribution in [2.24, 2.45) is 0 Å². The van der Waals surface area contributed by atoms with Crippen LogP contribution in [0.1, 0.15) is 24.3 Å². The summed E-state index contributed by atoms with van der Waals surface area (Å²) in [5.74, 6) is -0.245. The number of pyridine rings is 1. The maximum Gasteiger partial charge on any atom is 0.124 e. The molecule has 0 saturated heterocycles. The van der Waals surface area contributed by atoms with Gasteiger partial charge in [-0.1, -0.05) is 18.2 Å². The average molecular weight is 231 g/mol. The van der Waals surface area contributed by atoms with Crippen LogP contribution in [0.15, 0.2) is 48.7 Å². The van der Waals surface area contributed by atoms with E-state index in [-0.39, 0.29) is 11.9 Å². The van der Waals surface area contributed by atoms with Crippen LogP contribution >= 0.6 is 0 Å². The van der Waals surface area contributed by atoms with Crippen molar-refractivity contribution in [3.63, 3.8) is 0 Å². The molecule has 3 heteroatoms. The third kappa shape index (κ3) is 2.88. The minimum Gasteiger partial charge on any atom is -0.367 e. The lowest BCUT2D eigenvalue weighted by molar-refractivity contribution is 0.0883. The normalized spacial score (nSPS) is 12.4. The van der Waals surface area contributed by atoms with Gasteiger partial charge in [0.15, 0.2) is 0 Å². The van der Waals surface area contributed by atoms with Crippen LogP contribution in [0.4, 0.5) is 4.39 Å². The molecule has 88 valence electrons. The number of aromatic nitrogens is 1. The molecule has 0 amide bonds. The lowest BCUT2D eigenvalue weighted by Crippen LogP contribution is -2.07. The van der Waals surface area contributed by atoms with Gasteiger partial charge >= 0.3 is 0 Å². The van der Waals surface area contributed by atoms with Crippen molar-refractivity contribution >= 4 is 0 Å². The molecule has 2 rings (SSSR count). The second-order valence-electron chi connectivity index (χ2n) is 3.64. The molecular formula is C14H14FNO. The highest BCUT2D eigenvalue weighted by Crippen LogP contribution is 2.24. The van der Waals surface area contributed by atoms with E-state index in [0.29, 0.717) is 6.61 Å². The molecule has 0 fully saturated rings. The smallest absolute Gasteiger partial charge is 0.124 e. The fraction of sp³-hybridized carbons (Fsp3) is 0.214. The molecular weight excluding hydrogens is 217 g/mol. The van der Waals surface area contributed by atoms with E-state index in [4.69, 9.17) is 4.74 Å². The Balaban J connectivity index is 2.32. The maximum absolute atomic E-state index is 12.9. The molecule has 1 atom stereocenters. The van der Waals surface area contributed by atoms with E-state index in [2.05, 4.69) is 4.98 Å². The zero-order valence-corrected chi connectivity index (χ0v) is 9.64. The number of hydrogen-bond acceptors (Lipinski definition) is 2. The molecule has 1 unspecified atom stereocenters. The second-order valence-corrected chi connectivity index (χ2v) is 3.64. The summed E-state index contributed by atoms with van der Waals surface area (Å²) >= 11 is 0. The maximum atomic E-state index is 12.9. The molecule has 0 aliphatic heterocycles. The third-order valence-electron chi connectivity index (χ3n) is 2.46. The third-order valence-corrected chi connectivity index (χ3v) is 2.46. The van der Waals surface area contributed by atoms with Crippen LogP contribution < -0.4 is 0 Å².